The molecule has 0 aliphatic carbocycles. The molecule has 116 valence electrons. The molecule has 22 heavy (non-hydrogen) atoms. The van der Waals surface area contributed by atoms with Gasteiger partial charge < -0.3 is 9.47 Å². The Morgan fingerprint density at radius 2 is 2.00 bits per heavy atom. The van der Waals surface area contributed by atoms with E-state index in [4.69, 9.17) is 15.3 Å². The number of hydrazine groups is 1. The summed E-state index contributed by atoms with van der Waals surface area (Å²) in [7, 11) is 4.50. The average molecular weight is 304 g/mol. The van der Waals surface area contributed by atoms with Crippen LogP contribution in [0.25, 0.3) is 11.3 Å². The summed E-state index contributed by atoms with van der Waals surface area (Å²) in [6.45, 7) is 0. The molecule has 3 N–H and O–H groups in total. The van der Waals surface area contributed by atoms with Crippen molar-refractivity contribution in [1.29, 1.82) is 0 Å². The maximum atomic E-state index is 12.0. The standard InChI is InChI=1S/C14H16N4O4/c1-18-14(20)10(13(19)16-15)7-11(17-18)9-6-8(21-2)4-5-12(9)22-3/h4-7H,15H2,1-3H3,(H,16,19). The number of hydrogen-bond donors (Lipinski definition) is 2. The van der Waals surface area contributed by atoms with Gasteiger partial charge in [-0.3, -0.25) is 15.0 Å². The van der Waals surface area contributed by atoms with Crippen molar-refractivity contribution in [2.24, 2.45) is 12.9 Å². The van der Waals surface area contributed by atoms with Crippen LogP contribution in [-0.2, 0) is 7.05 Å². The third-order valence-electron chi connectivity index (χ3n) is 3.12. The molecule has 1 aromatic carbocycles. The van der Waals surface area contributed by atoms with Gasteiger partial charge in [0.05, 0.1) is 19.9 Å². The molecule has 0 fully saturated rings. The summed E-state index contributed by atoms with van der Waals surface area (Å²) >= 11 is 0. The fraction of sp³-hybridized carbons (Fsp3) is 0.214. The molecule has 0 saturated heterocycles. The van der Waals surface area contributed by atoms with Gasteiger partial charge in [0.25, 0.3) is 11.5 Å². The van der Waals surface area contributed by atoms with Crippen molar-refractivity contribution in [1.82, 2.24) is 15.2 Å². The summed E-state index contributed by atoms with van der Waals surface area (Å²) in [6, 6.07) is 6.51. The number of ether oxygens (including phenoxy) is 2. The van der Waals surface area contributed by atoms with Crippen molar-refractivity contribution in [2.45, 2.75) is 0 Å². The SMILES string of the molecule is COc1ccc(OC)c(-c2cc(C(=O)NN)c(=O)n(C)n2)c1. The van der Waals surface area contributed by atoms with Gasteiger partial charge in [-0.1, -0.05) is 0 Å². The van der Waals surface area contributed by atoms with Gasteiger partial charge in [0.1, 0.15) is 17.1 Å². The van der Waals surface area contributed by atoms with E-state index in [1.54, 1.807) is 18.2 Å². The smallest absolute Gasteiger partial charge is 0.279 e. The van der Waals surface area contributed by atoms with Crippen molar-refractivity contribution in [2.75, 3.05) is 14.2 Å². The summed E-state index contributed by atoms with van der Waals surface area (Å²) < 4.78 is 11.5. The Bertz CT molecular complexity index is 770. The van der Waals surface area contributed by atoms with Gasteiger partial charge in [-0.15, -0.1) is 0 Å². The largest absolute Gasteiger partial charge is 0.497 e. The van der Waals surface area contributed by atoms with Crippen LogP contribution in [0.2, 0.25) is 0 Å². The van der Waals surface area contributed by atoms with Crippen LogP contribution < -0.4 is 26.3 Å². The van der Waals surface area contributed by atoms with Crippen molar-refractivity contribution in [3.8, 4) is 22.8 Å². The average Bonchev–Trinajstić information content (AvgIpc) is 2.55. The van der Waals surface area contributed by atoms with Gasteiger partial charge in [0.2, 0.25) is 0 Å². The van der Waals surface area contributed by atoms with Crippen LogP contribution >= 0.6 is 0 Å². The summed E-state index contributed by atoms with van der Waals surface area (Å²) in [6.07, 6.45) is 0. The highest BCUT2D eigenvalue weighted by molar-refractivity contribution is 5.94. The summed E-state index contributed by atoms with van der Waals surface area (Å²) in [5.41, 5.74) is 2.26. The number of amides is 1. The molecule has 8 nitrogen and oxygen atoms in total. The van der Waals surface area contributed by atoms with Crippen LogP contribution in [0.1, 0.15) is 10.4 Å². The van der Waals surface area contributed by atoms with E-state index in [1.807, 2.05) is 5.43 Å². The van der Waals surface area contributed by atoms with Crippen molar-refractivity contribution >= 4 is 5.91 Å². The molecule has 0 saturated carbocycles. The molecule has 0 aliphatic heterocycles. The Kier molecular flexibility index (Phi) is 4.42. The molecule has 0 spiro atoms. The van der Waals surface area contributed by atoms with E-state index in [1.165, 1.54) is 27.3 Å². The number of nitrogen functional groups attached to an aromatic ring is 1. The first-order valence-electron chi connectivity index (χ1n) is 6.33. The Labute approximate surface area is 126 Å². The van der Waals surface area contributed by atoms with E-state index in [0.717, 1.165) is 4.68 Å². The predicted octanol–water partition coefficient (Wildman–Crippen LogP) is 0.0680. The molecule has 0 bridgehead atoms. The van der Waals surface area contributed by atoms with Crippen LogP contribution in [0.5, 0.6) is 11.5 Å². The van der Waals surface area contributed by atoms with E-state index >= 15 is 0 Å². The van der Waals surface area contributed by atoms with Gasteiger partial charge in [-0.25, -0.2) is 10.5 Å². The van der Waals surface area contributed by atoms with Crippen LogP contribution in [0, 0.1) is 0 Å². The highest BCUT2D eigenvalue weighted by Gasteiger charge is 2.16. The van der Waals surface area contributed by atoms with E-state index in [2.05, 4.69) is 5.10 Å². The first kappa shape index (κ1) is 15.5. The van der Waals surface area contributed by atoms with E-state index < -0.39 is 11.5 Å². The number of carbonyl (C=O) groups excluding carboxylic acids is 1. The topological polar surface area (TPSA) is 108 Å². The molecule has 1 aromatic heterocycles. The predicted molar refractivity (Wildman–Crippen MR) is 79.7 cm³/mol. The van der Waals surface area contributed by atoms with Crippen LogP contribution in [0.15, 0.2) is 29.1 Å². The highest BCUT2D eigenvalue weighted by atomic mass is 16.5. The molecule has 0 aliphatic rings. The first-order chi connectivity index (χ1) is 10.5. The molecular weight excluding hydrogens is 288 g/mol. The molecule has 2 aromatic rings. The maximum absolute atomic E-state index is 12.0. The Hall–Kier alpha value is -2.87. The van der Waals surface area contributed by atoms with Crippen molar-refractivity contribution in [3.05, 3.63) is 40.2 Å². The molecule has 0 radical (unpaired) electrons. The fourth-order valence-corrected chi connectivity index (χ4v) is 1.99. The number of methoxy groups -OCH3 is 2. The maximum Gasteiger partial charge on any atom is 0.279 e. The van der Waals surface area contributed by atoms with E-state index in [9.17, 15) is 9.59 Å². The summed E-state index contributed by atoms with van der Waals surface area (Å²) in [5.74, 6) is 5.54. The van der Waals surface area contributed by atoms with Crippen molar-refractivity contribution < 1.29 is 14.3 Å². The number of nitrogens with one attached hydrogen (secondary N) is 1. The third-order valence-corrected chi connectivity index (χ3v) is 3.12. The number of hydrogen-bond acceptors (Lipinski definition) is 6. The molecule has 8 heteroatoms. The van der Waals surface area contributed by atoms with Gasteiger partial charge in [0, 0.05) is 12.6 Å². The number of benzene rings is 1. The highest BCUT2D eigenvalue weighted by Crippen LogP contribution is 2.32. The zero-order valence-electron chi connectivity index (χ0n) is 12.4. The lowest BCUT2D eigenvalue weighted by Crippen LogP contribution is -2.36. The van der Waals surface area contributed by atoms with Crippen LogP contribution in [0.3, 0.4) is 0 Å². The number of nitrogens with two attached hydrogens (primary N) is 1. The van der Waals surface area contributed by atoms with Crippen LogP contribution in [-0.4, -0.2) is 29.9 Å². The number of nitrogens with zero attached hydrogens (tertiary/aromatic N) is 2. The zero-order valence-corrected chi connectivity index (χ0v) is 12.4. The lowest BCUT2D eigenvalue weighted by molar-refractivity contribution is 0.0951. The molecule has 1 amide bonds. The molecule has 0 atom stereocenters. The van der Waals surface area contributed by atoms with Crippen molar-refractivity contribution in [3.63, 3.8) is 0 Å². The second-order valence-corrected chi connectivity index (χ2v) is 4.41. The third kappa shape index (κ3) is 2.77. The van der Waals surface area contributed by atoms with Gasteiger partial charge >= 0.3 is 0 Å². The molecule has 1 heterocycles. The minimum atomic E-state index is -0.689. The fourth-order valence-electron chi connectivity index (χ4n) is 1.99. The first-order valence-corrected chi connectivity index (χ1v) is 6.33. The summed E-state index contributed by atoms with van der Waals surface area (Å²) in [4.78, 5) is 23.7. The van der Waals surface area contributed by atoms with E-state index in [-0.39, 0.29) is 5.56 Å². The number of aryl methyl sites for hydroxylation is 1. The number of rotatable bonds is 4. The minimum Gasteiger partial charge on any atom is -0.497 e. The van der Waals surface area contributed by atoms with Crippen LogP contribution in [0.4, 0.5) is 0 Å². The minimum absolute atomic E-state index is 0.111. The molecule has 2 rings (SSSR count). The van der Waals surface area contributed by atoms with Gasteiger partial charge in [-0.05, 0) is 24.3 Å². The quantitative estimate of drug-likeness (QED) is 0.470. The number of aromatic nitrogens is 2. The second kappa shape index (κ2) is 6.27. The normalized spacial score (nSPS) is 10.2. The molecule has 0 unspecified atom stereocenters. The summed E-state index contributed by atoms with van der Waals surface area (Å²) in [5, 5.41) is 4.15. The Balaban J connectivity index is 2.70. The Morgan fingerprint density at radius 3 is 2.59 bits per heavy atom. The van der Waals surface area contributed by atoms with E-state index in [0.29, 0.717) is 22.8 Å². The second-order valence-electron chi connectivity index (χ2n) is 4.41. The monoisotopic (exact) mass is 304 g/mol. The lowest BCUT2D eigenvalue weighted by atomic mass is 10.1. The number of carbonyl (C=O) groups is 1. The van der Waals surface area contributed by atoms with Gasteiger partial charge in [0.15, 0.2) is 0 Å². The van der Waals surface area contributed by atoms with Gasteiger partial charge in [-0.2, -0.15) is 5.10 Å². The zero-order chi connectivity index (χ0) is 16.3. The lowest BCUT2D eigenvalue weighted by Gasteiger charge is -2.11. The Morgan fingerprint density at radius 1 is 1.27 bits per heavy atom. The molecular formula is C14H16N4O4.